The molecule has 0 bridgehead atoms. The van der Waals surface area contributed by atoms with Crippen LogP contribution >= 0.6 is 0 Å². The van der Waals surface area contributed by atoms with Gasteiger partial charge in [0.2, 0.25) is 0 Å². The lowest BCUT2D eigenvalue weighted by atomic mass is 10.1. The van der Waals surface area contributed by atoms with Gasteiger partial charge in [0.15, 0.2) is 12.6 Å². The molecule has 0 spiro atoms. The van der Waals surface area contributed by atoms with Crippen LogP contribution in [0.5, 0.6) is 5.75 Å². The van der Waals surface area contributed by atoms with Crippen molar-refractivity contribution >= 4 is 5.96 Å². The first-order valence-electron chi connectivity index (χ1n) is 10.0. The number of aryl methyl sites for hydroxylation is 2. The Kier molecular flexibility index (Phi) is 8.73. The number of likely N-dealkylation sites (N-methyl/N-ethyl adjacent to an activating group) is 1. The number of ether oxygens (including phenoxy) is 1. The number of hydrogen-bond acceptors (Lipinski definition) is 4. The van der Waals surface area contributed by atoms with Gasteiger partial charge in [0, 0.05) is 37.5 Å². The molecule has 0 fully saturated rings. The van der Waals surface area contributed by atoms with Crippen LogP contribution in [0.15, 0.2) is 35.6 Å². The molecule has 0 saturated heterocycles. The van der Waals surface area contributed by atoms with Crippen LogP contribution in [0, 0.1) is 6.92 Å². The lowest BCUT2D eigenvalue weighted by Gasteiger charge is -2.24. The van der Waals surface area contributed by atoms with E-state index in [1.165, 1.54) is 0 Å². The number of alkyl halides is 3. The second-order valence-corrected chi connectivity index (χ2v) is 7.52. The number of aromatic nitrogens is 2. The van der Waals surface area contributed by atoms with Gasteiger partial charge in [0.05, 0.1) is 18.8 Å². The molecule has 1 aromatic carbocycles. The van der Waals surface area contributed by atoms with E-state index >= 15 is 0 Å². The summed E-state index contributed by atoms with van der Waals surface area (Å²) in [7, 11) is 5.84. The van der Waals surface area contributed by atoms with Crippen molar-refractivity contribution < 1.29 is 17.9 Å². The molecule has 1 heterocycles. The lowest BCUT2D eigenvalue weighted by molar-refractivity contribution is -0.153. The molecule has 0 amide bonds. The maximum Gasteiger partial charge on any atom is 0.422 e. The number of nitrogens with zero attached hydrogens (tertiary/aromatic N) is 4. The molecule has 2 aromatic rings. The van der Waals surface area contributed by atoms with E-state index in [0.717, 1.165) is 11.1 Å². The summed E-state index contributed by atoms with van der Waals surface area (Å²) in [5.74, 6) is 0.763. The summed E-state index contributed by atoms with van der Waals surface area (Å²) in [5.41, 5.74) is 2.47. The van der Waals surface area contributed by atoms with Crippen LogP contribution in [0.3, 0.4) is 0 Å². The second-order valence-electron chi connectivity index (χ2n) is 7.52. The van der Waals surface area contributed by atoms with E-state index in [4.69, 9.17) is 4.74 Å². The summed E-state index contributed by atoms with van der Waals surface area (Å²) in [4.78, 5) is 6.62. The van der Waals surface area contributed by atoms with Crippen LogP contribution in [0.25, 0.3) is 0 Å². The van der Waals surface area contributed by atoms with Crippen LogP contribution in [0.2, 0.25) is 0 Å². The smallest absolute Gasteiger partial charge is 0.422 e. The molecule has 2 N–H and O–H groups in total. The third-order valence-electron chi connectivity index (χ3n) is 4.56. The Morgan fingerprint density at radius 1 is 1.29 bits per heavy atom. The van der Waals surface area contributed by atoms with Gasteiger partial charge < -0.3 is 20.3 Å². The van der Waals surface area contributed by atoms with Gasteiger partial charge in [-0.05, 0) is 39.6 Å². The monoisotopic (exact) mass is 440 g/mol. The summed E-state index contributed by atoms with van der Waals surface area (Å²) in [6.07, 6.45) is -0.603. The van der Waals surface area contributed by atoms with Gasteiger partial charge in [0.25, 0.3) is 0 Å². The van der Waals surface area contributed by atoms with E-state index < -0.39 is 12.8 Å². The normalized spacial score (nSPS) is 13.4. The van der Waals surface area contributed by atoms with Crippen molar-refractivity contribution in [3.8, 4) is 5.75 Å². The van der Waals surface area contributed by atoms with Crippen LogP contribution in [0.4, 0.5) is 13.2 Å². The largest absolute Gasteiger partial charge is 0.484 e. The van der Waals surface area contributed by atoms with Crippen LogP contribution in [0.1, 0.15) is 29.7 Å². The third-order valence-corrected chi connectivity index (χ3v) is 4.56. The molecule has 1 unspecified atom stereocenters. The Labute approximate surface area is 181 Å². The Morgan fingerprint density at radius 3 is 2.61 bits per heavy atom. The summed E-state index contributed by atoms with van der Waals surface area (Å²) in [6.45, 7) is 3.83. The van der Waals surface area contributed by atoms with Crippen molar-refractivity contribution in [1.82, 2.24) is 25.3 Å². The van der Waals surface area contributed by atoms with E-state index in [2.05, 4.69) is 25.6 Å². The van der Waals surface area contributed by atoms with Crippen molar-refractivity contribution in [2.24, 2.45) is 12.0 Å². The first kappa shape index (κ1) is 24.5. The Morgan fingerprint density at radius 2 is 2.03 bits per heavy atom. The average Bonchev–Trinajstić information content (AvgIpc) is 3.10. The predicted molar refractivity (Wildman–Crippen MR) is 115 cm³/mol. The van der Waals surface area contributed by atoms with Crippen LogP contribution in [-0.4, -0.2) is 60.6 Å². The average molecular weight is 441 g/mol. The highest BCUT2D eigenvalue weighted by molar-refractivity contribution is 5.79. The van der Waals surface area contributed by atoms with Gasteiger partial charge in [-0.25, -0.2) is 4.99 Å². The van der Waals surface area contributed by atoms with Gasteiger partial charge in [-0.15, -0.1) is 0 Å². The van der Waals surface area contributed by atoms with E-state index in [1.807, 2.05) is 46.5 Å². The topological polar surface area (TPSA) is 66.7 Å². The van der Waals surface area contributed by atoms with Gasteiger partial charge in [-0.1, -0.05) is 12.1 Å². The quantitative estimate of drug-likeness (QED) is 0.464. The molecule has 2 rings (SSSR count). The van der Waals surface area contributed by atoms with Crippen molar-refractivity contribution in [2.45, 2.75) is 32.6 Å². The minimum Gasteiger partial charge on any atom is -0.484 e. The number of nitrogens with one attached hydrogen (secondary N) is 2. The van der Waals surface area contributed by atoms with E-state index in [1.54, 1.807) is 23.7 Å². The molecule has 1 aromatic heterocycles. The summed E-state index contributed by atoms with van der Waals surface area (Å²) < 4.78 is 44.5. The highest BCUT2D eigenvalue weighted by Crippen LogP contribution is 2.24. The standard InChI is InChI=1S/C21H31F3N6O/c1-6-25-20(27-12-18(29(3)4)17-11-28-30(5)13-17)26-10-16-8-7-15(2)9-19(16)31-14-21(22,23)24/h7-9,11,13,18H,6,10,12,14H2,1-5H3,(H2,25,26,27). The number of benzene rings is 1. The summed E-state index contributed by atoms with van der Waals surface area (Å²) >= 11 is 0. The molecule has 0 aliphatic rings. The van der Waals surface area contributed by atoms with Gasteiger partial charge >= 0.3 is 6.18 Å². The Hall–Kier alpha value is -2.75. The lowest BCUT2D eigenvalue weighted by Crippen LogP contribution is -2.41. The SMILES string of the molecule is CCNC(=NCc1ccc(C)cc1OCC(F)(F)F)NCC(c1cnn(C)c1)N(C)C. The number of aliphatic imine (C=N–C) groups is 1. The van der Waals surface area contributed by atoms with Crippen molar-refractivity contribution in [1.29, 1.82) is 0 Å². The number of hydrogen-bond donors (Lipinski definition) is 2. The van der Waals surface area contributed by atoms with Crippen molar-refractivity contribution in [2.75, 3.05) is 33.8 Å². The fraction of sp³-hybridized carbons (Fsp3) is 0.524. The van der Waals surface area contributed by atoms with E-state index in [9.17, 15) is 13.2 Å². The van der Waals surface area contributed by atoms with Gasteiger partial charge in [-0.2, -0.15) is 18.3 Å². The summed E-state index contributed by atoms with van der Waals surface area (Å²) in [5, 5.41) is 10.7. The minimum absolute atomic E-state index is 0.0719. The molecule has 7 nitrogen and oxygen atoms in total. The van der Waals surface area contributed by atoms with E-state index in [0.29, 0.717) is 24.6 Å². The van der Waals surface area contributed by atoms with Crippen molar-refractivity contribution in [3.63, 3.8) is 0 Å². The highest BCUT2D eigenvalue weighted by Gasteiger charge is 2.28. The maximum absolute atomic E-state index is 12.6. The van der Waals surface area contributed by atoms with Crippen LogP contribution < -0.4 is 15.4 Å². The fourth-order valence-corrected chi connectivity index (χ4v) is 3.00. The molecule has 0 radical (unpaired) electrons. The maximum atomic E-state index is 12.6. The van der Waals surface area contributed by atoms with Gasteiger partial charge in [-0.3, -0.25) is 4.68 Å². The number of halogens is 3. The molecule has 10 heteroatoms. The molecular weight excluding hydrogens is 409 g/mol. The molecule has 0 aliphatic carbocycles. The van der Waals surface area contributed by atoms with Crippen molar-refractivity contribution in [3.05, 3.63) is 47.3 Å². The molecule has 0 saturated carbocycles. The molecule has 172 valence electrons. The predicted octanol–water partition coefficient (Wildman–Crippen LogP) is 3.03. The Balaban J connectivity index is 2.12. The third kappa shape index (κ3) is 8.12. The first-order valence-corrected chi connectivity index (χ1v) is 10.0. The molecule has 1 atom stereocenters. The summed E-state index contributed by atoms with van der Waals surface area (Å²) in [6, 6.07) is 5.24. The molecular formula is C21H31F3N6O. The number of rotatable bonds is 9. The Bertz CT molecular complexity index is 863. The first-order chi connectivity index (χ1) is 14.6. The zero-order valence-corrected chi connectivity index (χ0v) is 18.6. The zero-order valence-electron chi connectivity index (χ0n) is 18.6. The van der Waals surface area contributed by atoms with Crippen LogP contribution in [-0.2, 0) is 13.6 Å². The molecule has 31 heavy (non-hydrogen) atoms. The fourth-order valence-electron chi connectivity index (χ4n) is 3.00. The van der Waals surface area contributed by atoms with E-state index in [-0.39, 0.29) is 18.3 Å². The highest BCUT2D eigenvalue weighted by atomic mass is 19.4. The minimum atomic E-state index is -4.39. The van der Waals surface area contributed by atoms with Gasteiger partial charge in [0.1, 0.15) is 5.75 Å². The zero-order chi connectivity index (χ0) is 23.0. The molecule has 0 aliphatic heterocycles. The second kappa shape index (κ2) is 11.0. The number of guanidine groups is 1.